The average Bonchev–Trinajstić information content (AvgIpc) is 3.37. The van der Waals surface area contributed by atoms with E-state index in [4.69, 9.17) is 4.74 Å². The zero-order valence-electron chi connectivity index (χ0n) is 48.2. The fourth-order valence-corrected chi connectivity index (χ4v) is 10.3. The van der Waals surface area contributed by atoms with Gasteiger partial charge < -0.3 is 20.3 Å². The van der Waals surface area contributed by atoms with Crippen molar-refractivity contribution in [1.82, 2.24) is 5.32 Å². The van der Waals surface area contributed by atoms with E-state index in [0.717, 1.165) is 57.8 Å². The van der Waals surface area contributed by atoms with E-state index in [9.17, 15) is 19.8 Å². The molecular formula is C65H127NO5. The van der Waals surface area contributed by atoms with Gasteiger partial charge in [0.05, 0.1) is 25.4 Å². The Kier molecular flexibility index (Phi) is 59.9. The minimum Gasteiger partial charge on any atom is -0.466 e. The fraction of sp³-hybridized carbons (Fsp3) is 0.938. The molecule has 6 heteroatoms. The highest BCUT2D eigenvalue weighted by Crippen LogP contribution is 2.18. The van der Waals surface area contributed by atoms with Crippen molar-refractivity contribution in [3.63, 3.8) is 0 Å². The molecule has 1 amide bonds. The zero-order chi connectivity index (χ0) is 51.4. The van der Waals surface area contributed by atoms with Crippen LogP contribution in [0.3, 0.4) is 0 Å². The van der Waals surface area contributed by atoms with Crippen LogP contribution in [0.2, 0.25) is 0 Å². The van der Waals surface area contributed by atoms with Crippen LogP contribution in [0, 0.1) is 0 Å². The van der Waals surface area contributed by atoms with Crippen LogP contribution >= 0.6 is 0 Å². The summed E-state index contributed by atoms with van der Waals surface area (Å²) in [5.74, 6) is -0.0717. The molecule has 2 unspecified atom stereocenters. The van der Waals surface area contributed by atoms with E-state index in [1.54, 1.807) is 6.08 Å². The van der Waals surface area contributed by atoms with E-state index >= 15 is 0 Å². The molecule has 0 aromatic carbocycles. The Morgan fingerprint density at radius 1 is 0.380 bits per heavy atom. The van der Waals surface area contributed by atoms with Gasteiger partial charge in [-0.15, -0.1) is 0 Å². The standard InChI is InChI=1S/C65H127NO5/c1-3-5-7-9-11-13-15-17-19-21-23-24-25-26-27-29-33-37-41-45-49-53-57-63(68)62(61-67)66-64(69)58-54-50-46-42-38-34-31-32-36-40-44-48-52-56-60-71-65(70)59-55-51-47-43-39-35-30-28-22-20-18-16-14-12-10-8-6-4-2/h53,57,62-63,67-68H,3-52,54-56,58-61H2,1-2H3,(H,66,69)/b57-53+. The highest BCUT2D eigenvalue weighted by atomic mass is 16.5. The summed E-state index contributed by atoms with van der Waals surface area (Å²) in [7, 11) is 0. The molecule has 0 aliphatic carbocycles. The number of aliphatic hydroxyl groups excluding tert-OH is 2. The van der Waals surface area contributed by atoms with Crippen molar-refractivity contribution in [2.75, 3.05) is 13.2 Å². The Hall–Kier alpha value is -1.40. The van der Waals surface area contributed by atoms with E-state index in [2.05, 4.69) is 19.2 Å². The first-order chi connectivity index (χ1) is 35.0. The minimum atomic E-state index is -0.852. The number of hydrogen-bond donors (Lipinski definition) is 3. The van der Waals surface area contributed by atoms with Gasteiger partial charge in [-0.1, -0.05) is 334 Å². The lowest BCUT2D eigenvalue weighted by Gasteiger charge is -2.20. The van der Waals surface area contributed by atoms with Gasteiger partial charge in [0.2, 0.25) is 5.91 Å². The second-order valence-electron chi connectivity index (χ2n) is 22.5. The minimum absolute atomic E-state index is 0.00218. The predicted molar refractivity (Wildman–Crippen MR) is 310 cm³/mol. The van der Waals surface area contributed by atoms with Crippen molar-refractivity contribution in [3.05, 3.63) is 12.2 Å². The third-order valence-electron chi connectivity index (χ3n) is 15.3. The second kappa shape index (κ2) is 61.1. The summed E-state index contributed by atoms with van der Waals surface area (Å²) in [4.78, 5) is 24.6. The van der Waals surface area contributed by atoms with Gasteiger partial charge in [0.1, 0.15) is 0 Å². The smallest absolute Gasteiger partial charge is 0.305 e. The Balaban J connectivity index is 3.44. The molecule has 71 heavy (non-hydrogen) atoms. The van der Waals surface area contributed by atoms with Gasteiger partial charge in [0.15, 0.2) is 0 Å². The molecule has 0 aliphatic heterocycles. The van der Waals surface area contributed by atoms with E-state index in [1.807, 2.05) is 6.08 Å². The number of amides is 1. The fourth-order valence-electron chi connectivity index (χ4n) is 10.3. The van der Waals surface area contributed by atoms with E-state index in [1.165, 1.54) is 283 Å². The molecule has 0 aliphatic rings. The number of ether oxygens (including phenoxy) is 1. The highest BCUT2D eigenvalue weighted by Gasteiger charge is 2.18. The van der Waals surface area contributed by atoms with Crippen molar-refractivity contribution in [2.45, 2.75) is 379 Å². The normalized spacial score (nSPS) is 12.6. The molecule has 0 radical (unpaired) electrons. The van der Waals surface area contributed by atoms with E-state index in [0.29, 0.717) is 19.4 Å². The molecule has 0 saturated carbocycles. The van der Waals surface area contributed by atoms with Crippen molar-refractivity contribution in [2.24, 2.45) is 0 Å². The van der Waals surface area contributed by atoms with Gasteiger partial charge in [-0.2, -0.15) is 0 Å². The Bertz CT molecular complexity index is 1060. The van der Waals surface area contributed by atoms with Crippen LogP contribution in [0.25, 0.3) is 0 Å². The van der Waals surface area contributed by atoms with Crippen molar-refractivity contribution >= 4 is 11.9 Å². The number of carbonyl (C=O) groups excluding carboxylic acids is 2. The summed E-state index contributed by atoms with van der Waals surface area (Å²) in [5, 5.41) is 23.2. The Morgan fingerprint density at radius 2 is 0.648 bits per heavy atom. The topological polar surface area (TPSA) is 95.9 Å². The van der Waals surface area contributed by atoms with Crippen LogP contribution in [0.4, 0.5) is 0 Å². The van der Waals surface area contributed by atoms with Crippen LogP contribution < -0.4 is 5.32 Å². The SMILES string of the molecule is CCCCCCCCCCCCCCCCCCCCCC/C=C/C(O)C(CO)NC(=O)CCCCCCCCCCCCCCCCOC(=O)CCCCCCCCCCCCCCCCCCCC. The highest BCUT2D eigenvalue weighted by molar-refractivity contribution is 5.76. The van der Waals surface area contributed by atoms with E-state index < -0.39 is 12.1 Å². The molecule has 0 heterocycles. The summed E-state index contributed by atoms with van der Waals surface area (Å²) in [6.07, 6.45) is 74.0. The first kappa shape index (κ1) is 69.6. The first-order valence-corrected chi connectivity index (χ1v) is 32.5. The number of esters is 1. The van der Waals surface area contributed by atoms with Crippen LogP contribution in [0.5, 0.6) is 0 Å². The lowest BCUT2D eigenvalue weighted by molar-refractivity contribution is -0.143. The maximum absolute atomic E-state index is 12.5. The van der Waals surface area contributed by atoms with Crippen LogP contribution in [0.1, 0.15) is 367 Å². The number of rotatable bonds is 61. The molecule has 3 N–H and O–H groups in total. The number of carbonyl (C=O) groups is 2. The summed E-state index contributed by atoms with van der Waals surface area (Å²) in [6, 6.07) is -0.636. The number of aliphatic hydroxyl groups is 2. The Labute approximate surface area is 444 Å². The maximum Gasteiger partial charge on any atom is 0.305 e. The van der Waals surface area contributed by atoms with Crippen molar-refractivity contribution in [1.29, 1.82) is 0 Å². The number of unbranched alkanes of at least 4 members (excludes halogenated alkanes) is 50. The van der Waals surface area contributed by atoms with Gasteiger partial charge in [0.25, 0.3) is 0 Å². The maximum atomic E-state index is 12.5. The van der Waals surface area contributed by atoms with Gasteiger partial charge >= 0.3 is 5.97 Å². The molecule has 2 atom stereocenters. The summed E-state index contributed by atoms with van der Waals surface area (Å²) >= 11 is 0. The molecule has 0 aromatic rings. The molecule has 0 aromatic heterocycles. The largest absolute Gasteiger partial charge is 0.466 e. The average molecular weight is 1000 g/mol. The van der Waals surface area contributed by atoms with E-state index in [-0.39, 0.29) is 18.5 Å². The van der Waals surface area contributed by atoms with Crippen molar-refractivity contribution < 1.29 is 24.5 Å². The lowest BCUT2D eigenvalue weighted by atomic mass is 10.0. The molecule has 0 spiro atoms. The molecule has 422 valence electrons. The van der Waals surface area contributed by atoms with Crippen LogP contribution in [0.15, 0.2) is 12.2 Å². The molecule has 6 nitrogen and oxygen atoms in total. The lowest BCUT2D eigenvalue weighted by Crippen LogP contribution is -2.45. The third kappa shape index (κ3) is 57.7. The van der Waals surface area contributed by atoms with Gasteiger partial charge in [-0.3, -0.25) is 9.59 Å². The molecule has 0 saturated heterocycles. The van der Waals surface area contributed by atoms with Gasteiger partial charge in [0, 0.05) is 12.8 Å². The zero-order valence-corrected chi connectivity index (χ0v) is 48.2. The quantitative estimate of drug-likeness (QED) is 0.0320. The second-order valence-corrected chi connectivity index (χ2v) is 22.5. The predicted octanol–water partition coefficient (Wildman–Crippen LogP) is 20.4. The summed E-state index contributed by atoms with van der Waals surface area (Å²) < 4.78 is 5.50. The summed E-state index contributed by atoms with van der Waals surface area (Å²) in [5.41, 5.74) is 0. The van der Waals surface area contributed by atoms with Crippen LogP contribution in [-0.2, 0) is 14.3 Å². The summed E-state index contributed by atoms with van der Waals surface area (Å²) in [6.45, 7) is 4.92. The third-order valence-corrected chi connectivity index (χ3v) is 15.3. The van der Waals surface area contributed by atoms with Crippen LogP contribution in [-0.4, -0.2) is 47.4 Å². The molecule has 0 fully saturated rings. The molecular weight excluding hydrogens is 875 g/mol. The van der Waals surface area contributed by atoms with Gasteiger partial charge in [-0.25, -0.2) is 0 Å². The van der Waals surface area contributed by atoms with Crippen molar-refractivity contribution in [3.8, 4) is 0 Å². The number of hydrogen-bond acceptors (Lipinski definition) is 5. The first-order valence-electron chi connectivity index (χ1n) is 32.5. The number of nitrogens with one attached hydrogen (secondary N) is 1. The monoisotopic (exact) mass is 1000 g/mol. The Morgan fingerprint density at radius 3 is 0.958 bits per heavy atom. The molecule has 0 rings (SSSR count). The number of allylic oxidation sites excluding steroid dienone is 1. The van der Waals surface area contributed by atoms with Gasteiger partial charge in [-0.05, 0) is 32.1 Å². The molecule has 0 bridgehead atoms.